The molecular weight excluding hydrogens is 416 g/mol. The summed E-state index contributed by atoms with van der Waals surface area (Å²) in [5, 5.41) is 9.24. The Labute approximate surface area is 181 Å². The van der Waals surface area contributed by atoms with Gasteiger partial charge in [0.15, 0.2) is 17.0 Å². The Hall–Kier alpha value is -3.65. The van der Waals surface area contributed by atoms with Crippen molar-refractivity contribution in [1.29, 1.82) is 0 Å². The zero-order valence-electron chi connectivity index (χ0n) is 17.2. The third kappa shape index (κ3) is 2.90. The van der Waals surface area contributed by atoms with Crippen LogP contribution < -0.4 is 11.2 Å². The fourth-order valence-electron chi connectivity index (χ4n) is 3.95. The number of halogens is 1. The first-order valence-electron chi connectivity index (χ1n) is 9.74. The van der Waals surface area contributed by atoms with Crippen LogP contribution in [-0.4, -0.2) is 28.7 Å². The fraction of sp³-hybridized carbons (Fsp3) is 0.182. The standard InChI is InChI=1S/C22H19ClN6O2/c1-12-8-9-13(2)14(10-12)11-28-17-19(30)24-22(31)27(3)20(17)29-18(25-26-21(28)29)15-6-4-5-7-16(15)23/h4-10H,11H2,1-3H3,(H,24,30,31). The molecule has 0 aliphatic heterocycles. The molecule has 0 aliphatic rings. The van der Waals surface area contributed by atoms with Gasteiger partial charge in [-0.25, -0.2) is 9.20 Å². The van der Waals surface area contributed by atoms with Crippen molar-refractivity contribution < 1.29 is 0 Å². The fourth-order valence-corrected chi connectivity index (χ4v) is 4.17. The van der Waals surface area contributed by atoms with Crippen LogP contribution in [0.2, 0.25) is 5.02 Å². The zero-order valence-corrected chi connectivity index (χ0v) is 17.9. The van der Waals surface area contributed by atoms with E-state index in [0.717, 1.165) is 16.7 Å². The zero-order chi connectivity index (χ0) is 21.9. The molecule has 31 heavy (non-hydrogen) atoms. The Morgan fingerprint density at radius 2 is 1.84 bits per heavy atom. The molecule has 5 aromatic rings. The molecule has 0 aliphatic carbocycles. The number of fused-ring (bicyclic) bond motifs is 3. The molecule has 0 fully saturated rings. The van der Waals surface area contributed by atoms with Crippen molar-refractivity contribution in [2.75, 3.05) is 0 Å². The van der Waals surface area contributed by atoms with Gasteiger partial charge in [0.2, 0.25) is 5.78 Å². The van der Waals surface area contributed by atoms with Gasteiger partial charge in [0.1, 0.15) is 0 Å². The van der Waals surface area contributed by atoms with Gasteiger partial charge in [-0.3, -0.25) is 18.9 Å². The van der Waals surface area contributed by atoms with Crippen molar-refractivity contribution in [3.8, 4) is 11.4 Å². The van der Waals surface area contributed by atoms with Crippen LogP contribution in [0, 0.1) is 13.8 Å². The summed E-state index contributed by atoms with van der Waals surface area (Å²) >= 11 is 6.42. The van der Waals surface area contributed by atoms with Crippen LogP contribution in [0.25, 0.3) is 28.3 Å². The lowest BCUT2D eigenvalue weighted by Crippen LogP contribution is -2.29. The number of aromatic amines is 1. The molecule has 0 bridgehead atoms. The highest BCUT2D eigenvalue weighted by molar-refractivity contribution is 6.33. The van der Waals surface area contributed by atoms with Gasteiger partial charge in [-0.2, -0.15) is 0 Å². The van der Waals surface area contributed by atoms with E-state index in [1.807, 2.05) is 44.2 Å². The highest BCUT2D eigenvalue weighted by atomic mass is 35.5. The molecule has 3 heterocycles. The van der Waals surface area contributed by atoms with E-state index in [2.05, 4.69) is 21.2 Å². The number of nitrogens with one attached hydrogen (secondary N) is 1. The summed E-state index contributed by atoms with van der Waals surface area (Å²) in [6, 6.07) is 13.5. The lowest BCUT2D eigenvalue weighted by molar-refractivity contribution is 0.806. The normalized spacial score (nSPS) is 11.6. The molecule has 3 aromatic heterocycles. The van der Waals surface area contributed by atoms with Crippen LogP contribution in [0.15, 0.2) is 52.1 Å². The number of nitrogens with zero attached hydrogens (tertiary/aromatic N) is 5. The number of benzene rings is 2. The Morgan fingerprint density at radius 3 is 2.61 bits per heavy atom. The summed E-state index contributed by atoms with van der Waals surface area (Å²) in [6.07, 6.45) is 0. The molecule has 9 heteroatoms. The van der Waals surface area contributed by atoms with E-state index in [0.29, 0.717) is 39.9 Å². The van der Waals surface area contributed by atoms with Crippen LogP contribution in [-0.2, 0) is 13.6 Å². The van der Waals surface area contributed by atoms with Gasteiger partial charge in [0.25, 0.3) is 5.56 Å². The molecule has 0 saturated heterocycles. The number of rotatable bonds is 3. The minimum atomic E-state index is -0.512. The van der Waals surface area contributed by atoms with Gasteiger partial charge in [-0.1, -0.05) is 47.5 Å². The van der Waals surface area contributed by atoms with Gasteiger partial charge >= 0.3 is 5.69 Å². The molecule has 156 valence electrons. The third-order valence-corrected chi connectivity index (χ3v) is 5.92. The molecule has 0 unspecified atom stereocenters. The summed E-state index contributed by atoms with van der Waals surface area (Å²) < 4.78 is 4.91. The van der Waals surface area contributed by atoms with Crippen LogP contribution in [0.5, 0.6) is 0 Å². The molecule has 0 saturated carbocycles. The summed E-state index contributed by atoms with van der Waals surface area (Å²) in [6.45, 7) is 4.45. The molecule has 0 atom stereocenters. The van der Waals surface area contributed by atoms with Crippen LogP contribution in [0.4, 0.5) is 0 Å². The number of aryl methyl sites for hydroxylation is 3. The Balaban J connectivity index is 1.91. The first-order valence-corrected chi connectivity index (χ1v) is 10.1. The maximum absolute atomic E-state index is 12.9. The van der Waals surface area contributed by atoms with E-state index in [9.17, 15) is 9.59 Å². The predicted molar refractivity (Wildman–Crippen MR) is 120 cm³/mol. The average Bonchev–Trinajstić information content (AvgIpc) is 3.29. The van der Waals surface area contributed by atoms with Gasteiger partial charge in [-0.05, 0) is 37.1 Å². The first kappa shape index (κ1) is 19.3. The number of imidazole rings is 1. The molecule has 0 radical (unpaired) electrons. The molecule has 8 nitrogen and oxygen atoms in total. The second kappa shape index (κ2) is 6.95. The molecule has 0 spiro atoms. The quantitative estimate of drug-likeness (QED) is 0.472. The van der Waals surface area contributed by atoms with Gasteiger partial charge in [-0.15, -0.1) is 10.2 Å². The molecule has 1 N–H and O–H groups in total. The minimum absolute atomic E-state index is 0.348. The van der Waals surface area contributed by atoms with E-state index in [4.69, 9.17) is 11.6 Å². The Kier molecular flexibility index (Phi) is 4.33. The smallest absolute Gasteiger partial charge is 0.298 e. The summed E-state index contributed by atoms with van der Waals surface area (Å²) in [5.74, 6) is 0.920. The van der Waals surface area contributed by atoms with E-state index in [-0.39, 0.29) is 0 Å². The van der Waals surface area contributed by atoms with Crippen molar-refractivity contribution in [3.05, 3.63) is 85.0 Å². The van der Waals surface area contributed by atoms with Gasteiger partial charge in [0.05, 0.1) is 11.6 Å². The van der Waals surface area contributed by atoms with Crippen molar-refractivity contribution >= 4 is 28.5 Å². The van der Waals surface area contributed by atoms with Crippen LogP contribution in [0.3, 0.4) is 0 Å². The molecular formula is C22H19ClN6O2. The number of hydrogen-bond acceptors (Lipinski definition) is 4. The number of hydrogen-bond donors (Lipinski definition) is 1. The predicted octanol–water partition coefficient (Wildman–Crippen LogP) is 3.06. The lowest BCUT2D eigenvalue weighted by atomic mass is 10.1. The summed E-state index contributed by atoms with van der Waals surface area (Å²) in [7, 11) is 1.61. The van der Waals surface area contributed by atoms with Gasteiger partial charge < -0.3 is 0 Å². The highest BCUT2D eigenvalue weighted by Gasteiger charge is 2.24. The van der Waals surface area contributed by atoms with E-state index >= 15 is 0 Å². The monoisotopic (exact) mass is 434 g/mol. The summed E-state index contributed by atoms with van der Waals surface area (Å²) in [5.41, 5.74) is 3.70. The highest BCUT2D eigenvalue weighted by Crippen LogP contribution is 2.29. The SMILES string of the molecule is Cc1ccc(C)c(Cn2c3c(=O)[nH]c(=O)n(C)c3n3c(-c4ccccc4Cl)nnc23)c1. The maximum Gasteiger partial charge on any atom is 0.329 e. The topological polar surface area (TPSA) is 90.0 Å². The Morgan fingerprint density at radius 1 is 1.06 bits per heavy atom. The number of H-pyrrole nitrogens is 1. The largest absolute Gasteiger partial charge is 0.329 e. The summed E-state index contributed by atoms with van der Waals surface area (Å²) in [4.78, 5) is 27.7. The molecule has 5 rings (SSSR count). The second-order valence-electron chi connectivity index (χ2n) is 7.65. The van der Waals surface area contributed by atoms with Crippen molar-refractivity contribution in [2.24, 2.45) is 7.05 Å². The maximum atomic E-state index is 12.9. The van der Waals surface area contributed by atoms with Crippen molar-refractivity contribution in [2.45, 2.75) is 20.4 Å². The Bertz CT molecular complexity index is 1600. The minimum Gasteiger partial charge on any atom is -0.298 e. The van der Waals surface area contributed by atoms with Crippen LogP contribution >= 0.6 is 11.6 Å². The molecule has 2 aromatic carbocycles. The second-order valence-corrected chi connectivity index (χ2v) is 8.05. The van der Waals surface area contributed by atoms with E-state index in [1.165, 1.54) is 4.57 Å². The van der Waals surface area contributed by atoms with Crippen molar-refractivity contribution in [1.82, 2.24) is 28.7 Å². The third-order valence-electron chi connectivity index (χ3n) is 5.59. The van der Waals surface area contributed by atoms with Crippen LogP contribution in [0.1, 0.15) is 16.7 Å². The van der Waals surface area contributed by atoms with Crippen molar-refractivity contribution in [3.63, 3.8) is 0 Å². The van der Waals surface area contributed by atoms with E-state index in [1.54, 1.807) is 22.1 Å². The van der Waals surface area contributed by atoms with E-state index < -0.39 is 11.2 Å². The van der Waals surface area contributed by atoms with Gasteiger partial charge in [0, 0.05) is 12.6 Å². The first-order chi connectivity index (χ1) is 14.9. The molecule has 0 amide bonds. The lowest BCUT2D eigenvalue weighted by Gasteiger charge is -2.09. The average molecular weight is 435 g/mol. The number of aromatic nitrogens is 6.